The van der Waals surface area contributed by atoms with Crippen molar-refractivity contribution in [3.63, 3.8) is 0 Å². The van der Waals surface area contributed by atoms with Gasteiger partial charge in [0.1, 0.15) is 0 Å². The second kappa shape index (κ2) is 9.99. The van der Waals surface area contributed by atoms with E-state index in [2.05, 4.69) is 49.5 Å². The molecule has 0 aliphatic carbocycles. The third kappa shape index (κ3) is 6.22. The molecule has 0 heterocycles. The van der Waals surface area contributed by atoms with Crippen LogP contribution < -0.4 is 5.32 Å². The van der Waals surface area contributed by atoms with Crippen molar-refractivity contribution in [3.8, 4) is 0 Å². The Morgan fingerprint density at radius 2 is 1.79 bits per heavy atom. The summed E-state index contributed by atoms with van der Waals surface area (Å²) in [6.07, 6.45) is 6.30. The summed E-state index contributed by atoms with van der Waals surface area (Å²) in [6.45, 7) is 5.25. The standard InChI is InChI=1S/C17H29NO/c1-4-6-13-16(10-5-2)18-17(14-19-3)15-11-8-7-9-12-15/h7-9,11-12,16-18H,4-6,10,13-14H2,1-3H3. The molecule has 1 aromatic rings. The molecule has 0 spiro atoms. The van der Waals surface area contributed by atoms with Crippen LogP contribution in [0.4, 0.5) is 0 Å². The van der Waals surface area contributed by atoms with Crippen molar-refractivity contribution < 1.29 is 4.74 Å². The fraction of sp³-hybridized carbons (Fsp3) is 0.647. The number of benzene rings is 1. The largest absolute Gasteiger partial charge is 0.383 e. The fourth-order valence-electron chi connectivity index (χ4n) is 2.49. The van der Waals surface area contributed by atoms with Gasteiger partial charge in [-0.05, 0) is 18.4 Å². The molecular formula is C17H29NO. The Morgan fingerprint density at radius 1 is 1.05 bits per heavy atom. The fourth-order valence-corrected chi connectivity index (χ4v) is 2.49. The van der Waals surface area contributed by atoms with E-state index in [1.165, 1.54) is 37.7 Å². The van der Waals surface area contributed by atoms with Gasteiger partial charge in [0.2, 0.25) is 0 Å². The lowest BCUT2D eigenvalue weighted by Gasteiger charge is -2.25. The van der Waals surface area contributed by atoms with E-state index in [0.29, 0.717) is 12.1 Å². The minimum atomic E-state index is 0.305. The molecule has 1 N–H and O–H groups in total. The molecule has 108 valence electrons. The van der Waals surface area contributed by atoms with Crippen molar-refractivity contribution >= 4 is 0 Å². The van der Waals surface area contributed by atoms with Crippen LogP contribution in [0.15, 0.2) is 30.3 Å². The maximum absolute atomic E-state index is 5.38. The zero-order chi connectivity index (χ0) is 13.9. The molecule has 1 aromatic carbocycles. The van der Waals surface area contributed by atoms with Gasteiger partial charge in [-0.2, -0.15) is 0 Å². The molecule has 2 nitrogen and oxygen atoms in total. The Hall–Kier alpha value is -0.860. The van der Waals surface area contributed by atoms with Crippen molar-refractivity contribution in [2.24, 2.45) is 0 Å². The Balaban J connectivity index is 2.64. The molecule has 0 radical (unpaired) electrons. The molecule has 2 heteroatoms. The zero-order valence-corrected chi connectivity index (χ0v) is 12.7. The van der Waals surface area contributed by atoms with Crippen LogP contribution in [0, 0.1) is 0 Å². The number of hydrogen-bond acceptors (Lipinski definition) is 2. The Bertz CT molecular complexity index is 312. The third-order valence-electron chi connectivity index (χ3n) is 3.52. The van der Waals surface area contributed by atoms with E-state index < -0.39 is 0 Å². The van der Waals surface area contributed by atoms with E-state index in [4.69, 9.17) is 4.74 Å². The van der Waals surface area contributed by atoms with E-state index in [0.717, 1.165) is 6.61 Å². The monoisotopic (exact) mass is 263 g/mol. The summed E-state index contributed by atoms with van der Waals surface area (Å²) in [5, 5.41) is 3.78. The smallest absolute Gasteiger partial charge is 0.0657 e. The Kier molecular flexibility index (Phi) is 8.52. The number of methoxy groups -OCH3 is 1. The topological polar surface area (TPSA) is 21.3 Å². The molecule has 0 fully saturated rings. The minimum Gasteiger partial charge on any atom is -0.383 e. The van der Waals surface area contributed by atoms with Gasteiger partial charge >= 0.3 is 0 Å². The highest BCUT2D eigenvalue weighted by Gasteiger charge is 2.16. The molecular weight excluding hydrogens is 234 g/mol. The van der Waals surface area contributed by atoms with Crippen molar-refractivity contribution in [1.29, 1.82) is 0 Å². The van der Waals surface area contributed by atoms with Gasteiger partial charge in [-0.25, -0.2) is 0 Å². The minimum absolute atomic E-state index is 0.305. The van der Waals surface area contributed by atoms with Crippen molar-refractivity contribution in [3.05, 3.63) is 35.9 Å². The molecule has 0 saturated carbocycles. The lowest BCUT2D eigenvalue weighted by atomic mass is 10.0. The van der Waals surface area contributed by atoms with Gasteiger partial charge in [0.05, 0.1) is 12.6 Å². The van der Waals surface area contributed by atoms with Gasteiger partial charge in [-0.1, -0.05) is 63.4 Å². The van der Waals surface area contributed by atoms with Gasteiger partial charge in [-0.15, -0.1) is 0 Å². The molecule has 1 rings (SSSR count). The lowest BCUT2D eigenvalue weighted by molar-refractivity contribution is 0.158. The first-order valence-electron chi connectivity index (χ1n) is 7.61. The molecule has 2 unspecified atom stereocenters. The number of hydrogen-bond donors (Lipinski definition) is 1. The van der Waals surface area contributed by atoms with Gasteiger partial charge in [0.15, 0.2) is 0 Å². The Morgan fingerprint density at radius 3 is 2.37 bits per heavy atom. The van der Waals surface area contributed by atoms with Gasteiger partial charge in [0.25, 0.3) is 0 Å². The van der Waals surface area contributed by atoms with E-state index in [-0.39, 0.29) is 0 Å². The highest BCUT2D eigenvalue weighted by atomic mass is 16.5. The van der Waals surface area contributed by atoms with Crippen LogP contribution in [0.25, 0.3) is 0 Å². The first-order valence-corrected chi connectivity index (χ1v) is 7.61. The molecule has 19 heavy (non-hydrogen) atoms. The molecule has 2 atom stereocenters. The Labute approximate surface area is 118 Å². The lowest BCUT2D eigenvalue weighted by Crippen LogP contribution is -2.35. The number of ether oxygens (including phenoxy) is 1. The van der Waals surface area contributed by atoms with Crippen LogP contribution in [0.1, 0.15) is 57.6 Å². The summed E-state index contributed by atoms with van der Waals surface area (Å²) in [4.78, 5) is 0. The molecule has 0 bridgehead atoms. The molecule has 0 aliphatic heterocycles. The summed E-state index contributed by atoms with van der Waals surface area (Å²) >= 11 is 0. The third-order valence-corrected chi connectivity index (χ3v) is 3.52. The van der Waals surface area contributed by atoms with Crippen LogP contribution in [-0.2, 0) is 4.74 Å². The predicted octanol–water partition coefficient (Wildman–Crippen LogP) is 4.32. The maximum atomic E-state index is 5.38. The number of nitrogens with one attached hydrogen (secondary N) is 1. The van der Waals surface area contributed by atoms with Crippen LogP contribution in [-0.4, -0.2) is 19.8 Å². The van der Waals surface area contributed by atoms with E-state index in [1.807, 2.05) is 0 Å². The zero-order valence-electron chi connectivity index (χ0n) is 12.7. The highest BCUT2D eigenvalue weighted by molar-refractivity contribution is 5.19. The SMILES string of the molecule is CCCCC(CCC)NC(COC)c1ccccc1. The molecule has 0 aliphatic rings. The average molecular weight is 263 g/mol. The van der Waals surface area contributed by atoms with Crippen LogP contribution >= 0.6 is 0 Å². The second-order valence-electron chi connectivity index (χ2n) is 5.21. The van der Waals surface area contributed by atoms with Crippen molar-refractivity contribution in [2.45, 2.75) is 58.0 Å². The summed E-state index contributed by atoms with van der Waals surface area (Å²) in [6, 6.07) is 11.5. The predicted molar refractivity (Wildman–Crippen MR) is 82.4 cm³/mol. The quantitative estimate of drug-likeness (QED) is 0.678. The molecule has 0 amide bonds. The first kappa shape index (κ1) is 16.2. The second-order valence-corrected chi connectivity index (χ2v) is 5.21. The van der Waals surface area contributed by atoms with Gasteiger partial charge < -0.3 is 10.1 Å². The number of rotatable bonds is 10. The van der Waals surface area contributed by atoms with Crippen LogP contribution in [0.3, 0.4) is 0 Å². The van der Waals surface area contributed by atoms with E-state index >= 15 is 0 Å². The first-order chi connectivity index (χ1) is 9.31. The summed E-state index contributed by atoms with van der Waals surface area (Å²) < 4.78 is 5.38. The van der Waals surface area contributed by atoms with Crippen LogP contribution in [0.2, 0.25) is 0 Å². The van der Waals surface area contributed by atoms with Crippen molar-refractivity contribution in [2.75, 3.05) is 13.7 Å². The maximum Gasteiger partial charge on any atom is 0.0657 e. The van der Waals surface area contributed by atoms with Crippen LogP contribution in [0.5, 0.6) is 0 Å². The average Bonchev–Trinajstić information content (AvgIpc) is 2.45. The summed E-state index contributed by atoms with van der Waals surface area (Å²) in [7, 11) is 1.78. The van der Waals surface area contributed by atoms with Crippen molar-refractivity contribution in [1.82, 2.24) is 5.32 Å². The molecule has 0 aromatic heterocycles. The highest BCUT2D eigenvalue weighted by Crippen LogP contribution is 2.17. The summed E-state index contributed by atoms with van der Waals surface area (Å²) in [5.41, 5.74) is 1.32. The normalized spacial score (nSPS) is 14.3. The summed E-state index contributed by atoms with van der Waals surface area (Å²) in [5.74, 6) is 0. The van der Waals surface area contributed by atoms with Gasteiger partial charge in [-0.3, -0.25) is 0 Å². The number of unbranched alkanes of at least 4 members (excludes halogenated alkanes) is 1. The van der Waals surface area contributed by atoms with E-state index in [1.54, 1.807) is 7.11 Å². The van der Waals surface area contributed by atoms with Gasteiger partial charge in [0, 0.05) is 13.2 Å². The van der Waals surface area contributed by atoms with E-state index in [9.17, 15) is 0 Å². The molecule has 0 saturated heterocycles.